The molecule has 0 unspecified atom stereocenters. The fraction of sp³-hybridized carbons (Fsp3) is 0.900. The highest BCUT2D eigenvalue weighted by Gasteiger charge is 2.26. The summed E-state index contributed by atoms with van der Waals surface area (Å²) in [6.07, 6.45) is -0.657. The molecular formula is C10H19F2NO2. The molecule has 0 aromatic rings. The van der Waals surface area contributed by atoms with Crippen LogP contribution in [0.25, 0.3) is 0 Å². The first-order valence-corrected chi connectivity index (χ1v) is 4.81. The summed E-state index contributed by atoms with van der Waals surface area (Å²) >= 11 is 0. The summed E-state index contributed by atoms with van der Waals surface area (Å²) in [7, 11) is 0. The maximum Gasteiger partial charge on any atom is 0.407 e. The third kappa shape index (κ3) is 6.25. The van der Waals surface area contributed by atoms with E-state index >= 15 is 0 Å². The third-order valence-electron chi connectivity index (χ3n) is 1.70. The Morgan fingerprint density at radius 3 is 2.00 bits per heavy atom. The SMILES string of the molecule is CC(CF)(CF)CNC(=O)OC(C)(C)C. The van der Waals surface area contributed by atoms with Crippen LogP contribution in [-0.4, -0.2) is 31.6 Å². The van der Waals surface area contributed by atoms with Crippen LogP contribution in [0.4, 0.5) is 13.6 Å². The van der Waals surface area contributed by atoms with Crippen molar-refractivity contribution < 1.29 is 18.3 Å². The second-order valence-electron chi connectivity index (χ2n) is 4.93. The zero-order chi connectivity index (χ0) is 12.1. The van der Waals surface area contributed by atoms with Gasteiger partial charge < -0.3 is 10.1 Å². The zero-order valence-electron chi connectivity index (χ0n) is 9.69. The first-order valence-electron chi connectivity index (χ1n) is 4.81. The molecule has 0 radical (unpaired) electrons. The molecule has 0 spiro atoms. The van der Waals surface area contributed by atoms with Crippen LogP contribution in [0.1, 0.15) is 27.7 Å². The molecule has 90 valence electrons. The molecule has 0 aliphatic carbocycles. The first kappa shape index (κ1) is 14.1. The quantitative estimate of drug-likeness (QED) is 0.795. The molecule has 0 fully saturated rings. The Balaban J connectivity index is 4.00. The minimum Gasteiger partial charge on any atom is -0.444 e. The molecule has 0 atom stereocenters. The van der Waals surface area contributed by atoms with Crippen molar-refractivity contribution in [3.05, 3.63) is 0 Å². The van der Waals surface area contributed by atoms with E-state index in [1.54, 1.807) is 20.8 Å². The van der Waals surface area contributed by atoms with Crippen molar-refractivity contribution in [2.24, 2.45) is 5.41 Å². The number of hydrogen-bond donors (Lipinski definition) is 1. The molecule has 0 aliphatic heterocycles. The summed E-state index contributed by atoms with van der Waals surface area (Å²) in [6.45, 7) is 4.86. The Labute approximate surface area is 89.2 Å². The van der Waals surface area contributed by atoms with Gasteiger partial charge in [-0.1, -0.05) is 6.92 Å². The summed E-state index contributed by atoms with van der Waals surface area (Å²) in [5, 5.41) is 2.34. The second kappa shape index (κ2) is 5.28. The first-order chi connectivity index (χ1) is 6.72. The number of nitrogens with one attached hydrogen (secondary N) is 1. The molecule has 5 heteroatoms. The van der Waals surface area contributed by atoms with Gasteiger partial charge in [-0.25, -0.2) is 4.79 Å². The number of ether oxygens (including phenoxy) is 1. The summed E-state index contributed by atoms with van der Waals surface area (Å²) < 4.78 is 29.7. The van der Waals surface area contributed by atoms with Crippen LogP contribution in [0.15, 0.2) is 0 Å². The predicted octanol–water partition coefficient (Wildman–Crippen LogP) is 2.46. The number of hydrogen-bond acceptors (Lipinski definition) is 2. The van der Waals surface area contributed by atoms with Crippen LogP contribution in [0.3, 0.4) is 0 Å². The van der Waals surface area contributed by atoms with E-state index in [9.17, 15) is 13.6 Å². The van der Waals surface area contributed by atoms with E-state index in [4.69, 9.17) is 4.74 Å². The standard InChI is InChI=1S/C10H19F2NO2/c1-9(2,3)15-8(14)13-7-10(4,5-11)6-12/h5-7H2,1-4H3,(H,13,14). The molecule has 0 saturated heterocycles. The van der Waals surface area contributed by atoms with E-state index in [0.717, 1.165) is 0 Å². The number of alkyl carbamates (subject to hydrolysis) is 1. The predicted molar refractivity (Wildman–Crippen MR) is 54.3 cm³/mol. The topological polar surface area (TPSA) is 38.3 Å². The summed E-state index contributed by atoms with van der Waals surface area (Å²) in [6, 6.07) is 0. The highest BCUT2D eigenvalue weighted by Crippen LogP contribution is 2.16. The second-order valence-corrected chi connectivity index (χ2v) is 4.93. The normalized spacial score (nSPS) is 12.4. The number of carbonyl (C=O) groups excluding carboxylic acids is 1. The van der Waals surface area contributed by atoms with Gasteiger partial charge in [-0.3, -0.25) is 8.78 Å². The molecule has 0 aromatic heterocycles. The average molecular weight is 223 g/mol. The maximum atomic E-state index is 12.4. The maximum absolute atomic E-state index is 12.4. The Bertz CT molecular complexity index is 210. The molecule has 3 nitrogen and oxygen atoms in total. The Kier molecular flexibility index (Phi) is 4.97. The van der Waals surface area contributed by atoms with Crippen molar-refractivity contribution in [2.75, 3.05) is 19.9 Å². The number of alkyl halides is 2. The van der Waals surface area contributed by atoms with Gasteiger partial charge in [-0.05, 0) is 20.8 Å². The minimum atomic E-state index is -1.16. The molecule has 0 rings (SSSR count). The van der Waals surface area contributed by atoms with E-state index in [1.807, 2.05) is 0 Å². The Morgan fingerprint density at radius 1 is 1.20 bits per heavy atom. The lowest BCUT2D eigenvalue weighted by Gasteiger charge is -2.24. The molecule has 0 aliphatic rings. The van der Waals surface area contributed by atoms with Crippen LogP contribution >= 0.6 is 0 Å². The molecule has 15 heavy (non-hydrogen) atoms. The van der Waals surface area contributed by atoms with Crippen LogP contribution < -0.4 is 5.32 Å². The van der Waals surface area contributed by atoms with Crippen LogP contribution in [-0.2, 0) is 4.74 Å². The highest BCUT2D eigenvalue weighted by molar-refractivity contribution is 5.67. The molecule has 1 amide bonds. The van der Waals surface area contributed by atoms with Gasteiger partial charge in [-0.2, -0.15) is 0 Å². The van der Waals surface area contributed by atoms with Gasteiger partial charge in [0, 0.05) is 12.0 Å². The van der Waals surface area contributed by atoms with Crippen molar-refractivity contribution in [2.45, 2.75) is 33.3 Å². The molecule has 0 heterocycles. The lowest BCUT2D eigenvalue weighted by atomic mass is 9.95. The van der Waals surface area contributed by atoms with E-state index in [0.29, 0.717) is 0 Å². The summed E-state index contributed by atoms with van der Waals surface area (Å²) in [5.74, 6) is 0. The van der Waals surface area contributed by atoms with Gasteiger partial charge in [0.1, 0.15) is 5.60 Å². The van der Waals surface area contributed by atoms with Crippen molar-refractivity contribution in [3.8, 4) is 0 Å². The van der Waals surface area contributed by atoms with Gasteiger partial charge >= 0.3 is 6.09 Å². The fourth-order valence-corrected chi connectivity index (χ4v) is 0.730. The van der Waals surface area contributed by atoms with Crippen molar-refractivity contribution in [3.63, 3.8) is 0 Å². The highest BCUT2D eigenvalue weighted by atomic mass is 19.1. The van der Waals surface area contributed by atoms with Crippen LogP contribution in [0.2, 0.25) is 0 Å². The van der Waals surface area contributed by atoms with Gasteiger partial charge in [0.25, 0.3) is 0 Å². The number of halogens is 2. The summed E-state index contributed by atoms with van der Waals surface area (Å²) in [4.78, 5) is 11.2. The van der Waals surface area contributed by atoms with E-state index in [2.05, 4.69) is 5.32 Å². The lowest BCUT2D eigenvalue weighted by molar-refractivity contribution is 0.0485. The average Bonchev–Trinajstić information content (AvgIpc) is 2.12. The lowest BCUT2D eigenvalue weighted by Crippen LogP contribution is -2.41. The molecule has 1 N–H and O–H groups in total. The largest absolute Gasteiger partial charge is 0.444 e. The van der Waals surface area contributed by atoms with Crippen molar-refractivity contribution in [1.82, 2.24) is 5.32 Å². The van der Waals surface area contributed by atoms with Crippen molar-refractivity contribution >= 4 is 6.09 Å². The molecule has 0 saturated carbocycles. The van der Waals surface area contributed by atoms with Crippen molar-refractivity contribution in [1.29, 1.82) is 0 Å². The van der Waals surface area contributed by atoms with Gasteiger partial charge in [-0.15, -0.1) is 0 Å². The smallest absolute Gasteiger partial charge is 0.407 e. The zero-order valence-corrected chi connectivity index (χ0v) is 9.69. The summed E-state index contributed by atoms with van der Waals surface area (Å²) in [5.41, 5.74) is -1.76. The van der Waals surface area contributed by atoms with Gasteiger partial charge in [0.05, 0.1) is 13.3 Å². The minimum absolute atomic E-state index is 0.0745. The number of amides is 1. The molecular weight excluding hydrogens is 204 g/mol. The Morgan fingerprint density at radius 2 is 1.67 bits per heavy atom. The molecule has 0 bridgehead atoms. The van der Waals surface area contributed by atoms with Gasteiger partial charge in [0.15, 0.2) is 0 Å². The number of rotatable bonds is 4. The van der Waals surface area contributed by atoms with E-state index in [-0.39, 0.29) is 6.54 Å². The Hall–Kier alpha value is -0.870. The third-order valence-corrected chi connectivity index (χ3v) is 1.70. The van der Waals surface area contributed by atoms with Gasteiger partial charge in [0.2, 0.25) is 0 Å². The van der Waals surface area contributed by atoms with Crippen LogP contribution in [0, 0.1) is 5.41 Å². The van der Waals surface area contributed by atoms with E-state index < -0.39 is 30.5 Å². The van der Waals surface area contributed by atoms with E-state index in [1.165, 1.54) is 6.92 Å². The molecule has 0 aromatic carbocycles. The monoisotopic (exact) mass is 223 g/mol. The number of carbonyl (C=O) groups is 1. The van der Waals surface area contributed by atoms with Crippen LogP contribution in [0.5, 0.6) is 0 Å². The fourth-order valence-electron chi connectivity index (χ4n) is 0.730.